The number of thioether (sulfide) groups is 1. The van der Waals surface area contributed by atoms with E-state index in [9.17, 15) is 24.3 Å². The van der Waals surface area contributed by atoms with Gasteiger partial charge in [0.25, 0.3) is 0 Å². The molecule has 0 saturated carbocycles. The SMILES string of the molecule is CSCCC(NC(=O)CNC(=O)C(CCCN=C(N)N)NC(=O)C1CCCN1)C(=O)O. The van der Waals surface area contributed by atoms with Gasteiger partial charge >= 0.3 is 5.97 Å². The molecular formula is C18H33N7O5S. The number of aliphatic carboxylic acids is 1. The Hall–Kier alpha value is -2.54. The zero-order valence-corrected chi connectivity index (χ0v) is 18.5. The lowest BCUT2D eigenvalue weighted by Gasteiger charge is -2.21. The van der Waals surface area contributed by atoms with Crippen LogP contribution in [0.3, 0.4) is 0 Å². The third-order valence-electron chi connectivity index (χ3n) is 4.62. The minimum Gasteiger partial charge on any atom is -0.480 e. The van der Waals surface area contributed by atoms with E-state index < -0.39 is 36.4 Å². The fourth-order valence-corrected chi connectivity index (χ4v) is 3.45. The van der Waals surface area contributed by atoms with Crippen LogP contribution in [0.2, 0.25) is 0 Å². The Morgan fingerprint density at radius 1 is 1.19 bits per heavy atom. The second-order valence-electron chi connectivity index (χ2n) is 7.12. The lowest BCUT2D eigenvalue weighted by Crippen LogP contribution is -2.53. The average Bonchev–Trinajstić information content (AvgIpc) is 3.26. The molecule has 0 radical (unpaired) electrons. The predicted octanol–water partition coefficient (Wildman–Crippen LogP) is -2.28. The van der Waals surface area contributed by atoms with E-state index in [1.165, 1.54) is 11.8 Å². The topological polar surface area (TPSA) is 201 Å². The number of hydrogen-bond acceptors (Lipinski definition) is 7. The third kappa shape index (κ3) is 10.9. The maximum Gasteiger partial charge on any atom is 0.326 e. The molecule has 1 fully saturated rings. The quantitative estimate of drug-likeness (QED) is 0.0848. The molecule has 3 atom stereocenters. The molecule has 3 unspecified atom stereocenters. The summed E-state index contributed by atoms with van der Waals surface area (Å²) in [4.78, 5) is 52.1. The van der Waals surface area contributed by atoms with Gasteiger partial charge in [0.15, 0.2) is 5.96 Å². The average molecular weight is 460 g/mol. The number of rotatable bonds is 14. The number of nitrogens with two attached hydrogens (primary N) is 2. The monoisotopic (exact) mass is 459 g/mol. The maximum absolute atomic E-state index is 12.6. The van der Waals surface area contributed by atoms with Crippen LogP contribution in [0.15, 0.2) is 4.99 Å². The first-order chi connectivity index (χ1) is 14.7. The second-order valence-corrected chi connectivity index (χ2v) is 8.10. The van der Waals surface area contributed by atoms with E-state index in [-0.39, 0.29) is 30.8 Å². The molecule has 0 aliphatic carbocycles. The Kier molecular flexibility index (Phi) is 12.4. The molecule has 31 heavy (non-hydrogen) atoms. The highest BCUT2D eigenvalue weighted by Gasteiger charge is 2.27. The van der Waals surface area contributed by atoms with Crippen molar-refractivity contribution in [1.82, 2.24) is 21.3 Å². The van der Waals surface area contributed by atoms with Crippen molar-refractivity contribution in [3.63, 3.8) is 0 Å². The van der Waals surface area contributed by atoms with E-state index in [1.807, 2.05) is 6.26 Å². The van der Waals surface area contributed by atoms with Crippen molar-refractivity contribution in [2.45, 2.75) is 50.2 Å². The molecule has 0 aromatic carbocycles. The summed E-state index contributed by atoms with van der Waals surface area (Å²) >= 11 is 1.47. The molecule has 1 aliphatic heterocycles. The molecular weight excluding hydrogens is 426 g/mol. The summed E-state index contributed by atoms with van der Waals surface area (Å²) in [7, 11) is 0. The van der Waals surface area contributed by atoms with Gasteiger partial charge in [-0.2, -0.15) is 11.8 Å². The van der Waals surface area contributed by atoms with E-state index in [1.54, 1.807) is 0 Å². The molecule has 0 aromatic rings. The lowest BCUT2D eigenvalue weighted by atomic mass is 10.1. The van der Waals surface area contributed by atoms with Gasteiger partial charge in [0, 0.05) is 6.54 Å². The Balaban J connectivity index is 2.61. The van der Waals surface area contributed by atoms with Crippen LogP contribution in [-0.2, 0) is 19.2 Å². The highest BCUT2D eigenvalue weighted by Crippen LogP contribution is 2.07. The largest absolute Gasteiger partial charge is 0.480 e. The number of hydrogen-bond donors (Lipinski definition) is 7. The molecule has 9 N–H and O–H groups in total. The van der Waals surface area contributed by atoms with Crippen LogP contribution in [0.1, 0.15) is 32.1 Å². The highest BCUT2D eigenvalue weighted by molar-refractivity contribution is 7.98. The first-order valence-electron chi connectivity index (χ1n) is 10.1. The van der Waals surface area contributed by atoms with Crippen molar-refractivity contribution in [1.29, 1.82) is 0 Å². The summed E-state index contributed by atoms with van der Waals surface area (Å²) < 4.78 is 0. The summed E-state index contributed by atoms with van der Waals surface area (Å²) in [5, 5.41) is 19.8. The molecule has 176 valence electrons. The van der Waals surface area contributed by atoms with Gasteiger partial charge in [0.2, 0.25) is 17.7 Å². The molecule has 0 spiro atoms. The third-order valence-corrected chi connectivity index (χ3v) is 5.27. The van der Waals surface area contributed by atoms with Crippen LogP contribution in [0, 0.1) is 0 Å². The molecule has 0 bridgehead atoms. The van der Waals surface area contributed by atoms with Gasteiger partial charge in [-0.1, -0.05) is 0 Å². The number of aliphatic imine (C=N–C) groups is 1. The van der Waals surface area contributed by atoms with E-state index >= 15 is 0 Å². The number of guanidine groups is 1. The van der Waals surface area contributed by atoms with Crippen molar-refractivity contribution >= 4 is 41.4 Å². The number of amides is 3. The summed E-state index contributed by atoms with van der Waals surface area (Å²) in [5.41, 5.74) is 10.6. The zero-order chi connectivity index (χ0) is 23.2. The molecule has 1 rings (SSSR count). The number of nitrogens with one attached hydrogen (secondary N) is 4. The Morgan fingerprint density at radius 3 is 2.52 bits per heavy atom. The van der Waals surface area contributed by atoms with Crippen molar-refractivity contribution < 1.29 is 24.3 Å². The van der Waals surface area contributed by atoms with Crippen molar-refractivity contribution in [3.8, 4) is 0 Å². The van der Waals surface area contributed by atoms with E-state index in [0.717, 1.165) is 13.0 Å². The predicted molar refractivity (Wildman–Crippen MR) is 118 cm³/mol. The second kappa shape index (κ2) is 14.5. The van der Waals surface area contributed by atoms with Gasteiger partial charge in [0.05, 0.1) is 12.6 Å². The normalized spacial score (nSPS) is 17.3. The molecule has 13 heteroatoms. The molecule has 1 heterocycles. The summed E-state index contributed by atoms with van der Waals surface area (Å²) in [6, 6.07) is -2.26. The lowest BCUT2D eigenvalue weighted by molar-refractivity contribution is -0.141. The smallest absolute Gasteiger partial charge is 0.326 e. The van der Waals surface area contributed by atoms with E-state index in [4.69, 9.17) is 11.5 Å². The number of carboxylic acid groups (broad SMARTS) is 1. The van der Waals surface area contributed by atoms with Gasteiger partial charge in [-0.25, -0.2) is 4.79 Å². The van der Waals surface area contributed by atoms with Crippen LogP contribution in [0.25, 0.3) is 0 Å². The van der Waals surface area contributed by atoms with Crippen molar-refractivity contribution in [3.05, 3.63) is 0 Å². The van der Waals surface area contributed by atoms with Crippen LogP contribution >= 0.6 is 11.8 Å². The van der Waals surface area contributed by atoms with Gasteiger partial charge in [0.1, 0.15) is 12.1 Å². The maximum atomic E-state index is 12.6. The Labute approximate surface area is 185 Å². The van der Waals surface area contributed by atoms with Crippen LogP contribution in [0.4, 0.5) is 0 Å². The van der Waals surface area contributed by atoms with Crippen LogP contribution in [0.5, 0.6) is 0 Å². The Morgan fingerprint density at radius 2 is 1.94 bits per heavy atom. The minimum atomic E-state index is -1.14. The highest BCUT2D eigenvalue weighted by atomic mass is 32.2. The van der Waals surface area contributed by atoms with Gasteiger partial charge < -0.3 is 37.8 Å². The first kappa shape index (κ1) is 26.5. The molecule has 1 saturated heterocycles. The number of carbonyl (C=O) groups excluding carboxylic acids is 3. The fraction of sp³-hybridized carbons (Fsp3) is 0.722. The van der Waals surface area contributed by atoms with Crippen LogP contribution < -0.4 is 32.7 Å². The number of carbonyl (C=O) groups is 4. The number of carboxylic acids is 1. The molecule has 12 nitrogen and oxygen atoms in total. The number of nitrogens with zero attached hydrogens (tertiary/aromatic N) is 1. The van der Waals surface area contributed by atoms with E-state index in [2.05, 4.69) is 26.3 Å². The van der Waals surface area contributed by atoms with Gasteiger partial charge in [-0.15, -0.1) is 0 Å². The summed E-state index contributed by atoms with van der Waals surface area (Å²) in [6.45, 7) is 0.630. The minimum absolute atomic E-state index is 0.0636. The summed E-state index contributed by atoms with van der Waals surface area (Å²) in [5.74, 6) is -2.07. The van der Waals surface area contributed by atoms with Crippen molar-refractivity contribution in [2.75, 3.05) is 31.6 Å². The van der Waals surface area contributed by atoms with Gasteiger partial charge in [-0.05, 0) is 50.7 Å². The summed E-state index contributed by atoms with van der Waals surface area (Å²) in [6.07, 6.45) is 4.38. The van der Waals surface area contributed by atoms with Crippen molar-refractivity contribution in [2.24, 2.45) is 16.5 Å². The van der Waals surface area contributed by atoms with Gasteiger partial charge in [-0.3, -0.25) is 19.4 Å². The van der Waals surface area contributed by atoms with Crippen LogP contribution in [-0.4, -0.2) is 84.5 Å². The first-order valence-corrected chi connectivity index (χ1v) is 11.5. The molecule has 3 amide bonds. The van der Waals surface area contributed by atoms with E-state index in [0.29, 0.717) is 25.1 Å². The Bertz CT molecular complexity index is 651. The molecule has 0 aromatic heterocycles. The molecule has 1 aliphatic rings. The standard InChI is InChI=1S/C18H33N7O5S/c1-31-9-6-13(17(29)30)24-14(26)10-23-15(27)12(5-3-8-22-18(19)20)25-16(28)11-4-2-7-21-11/h11-13,21H,2-10H2,1H3,(H,23,27)(H,24,26)(H,25,28)(H,29,30)(H4,19,20,22). The fourth-order valence-electron chi connectivity index (χ4n) is 2.98. The zero-order valence-electron chi connectivity index (χ0n) is 17.7.